The Labute approximate surface area is 204 Å². The summed E-state index contributed by atoms with van der Waals surface area (Å²) in [6.07, 6.45) is 1.07. The molecule has 1 N–H and O–H groups in total. The van der Waals surface area contributed by atoms with Crippen LogP contribution in [0.4, 0.5) is 18.9 Å². The third-order valence-corrected chi connectivity index (χ3v) is 6.65. The second-order valence-electron chi connectivity index (χ2n) is 9.84. The number of carbonyl (C=O) groups excluding carboxylic acids is 1. The van der Waals surface area contributed by atoms with Crippen LogP contribution in [-0.2, 0) is 17.4 Å². The molecule has 1 aromatic heterocycles. The number of nitrogens with zero attached hydrogens (tertiary/aromatic N) is 1. The van der Waals surface area contributed by atoms with Crippen LogP contribution in [0.3, 0.4) is 0 Å². The van der Waals surface area contributed by atoms with Crippen LogP contribution in [0.5, 0.6) is 0 Å². The van der Waals surface area contributed by atoms with Crippen molar-refractivity contribution in [3.8, 4) is 11.1 Å². The van der Waals surface area contributed by atoms with Crippen LogP contribution in [0.2, 0.25) is 0 Å². The Hall–Kier alpha value is -3.15. The van der Waals surface area contributed by atoms with Crippen molar-refractivity contribution in [2.24, 2.45) is 5.92 Å². The number of pyridine rings is 1. The molecule has 1 aliphatic carbocycles. The number of hydrogen-bond donors (Lipinski definition) is 1. The summed E-state index contributed by atoms with van der Waals surface area (Å²) in [6.45, 7) is 5.77. The van der Waals surface area contributed by atoms with Crippen molar-refractivity contribution in [2.45, 2.75) is 64.6 Å². The smallest absolute Gasteiger partial charge is 0.378 e. The monoisotopic (exact) mass is 480 g/mol. The standard InChI is InChI=1S/C29H31F3N2O/c1-18(2)14-26(19(3)35)22-15-21(20-9-11-23(12-10-20)29(30,31)32)16-24(17-22)34-28-8-4-7-27-25(28)6-5-13-33-27/h5-6,9-13,15-18,26,28,34H,4,7-8,14H2,1-3H3. The Morgan fingerprint density at radius 2 is 1.83 bits per heavy atom. The van der Waals surface area contributed by atoms with Crippen LogP contribution < -0.4 is 5.32 Å². The minimum Gasteiger partial charge on any atom is -0.378 e. The van der Waals surface area contributed by atoms with Gasteiger partial charge in [-0.05, 0) is 91.1 Å². The summed E-state index contributed by atoms with van der Waals surface area (Å²) in [4.78, 5) is 17.1. The van der Waals surface area contributed by atoms with E-state index >= 15 is 0 Å². The first-order valence-electron chi connectivity index (χ1n) is 12.1. The average molecular weight is 481 g/mol. The normalized spacial score (nSPS) is 16.6. The molecule has 0 radical (unpaired) electrons. The molecule has 0 bridgehead atoms. The fourth-order valence-electron chi connectivity index (χ4n) is 4.92. The third-order valence-electron chi connectivity index (χ3n) is 6.65. The number of alkyl halides is 3. The first-order chi connectivity index (χ1) is 16.6. The Bertz CT molecular complexity index is 1190. The van der Waals surface area contributed by atoms with Gasteiger partial charge in [0.25, 0.3) is 0 Å². The number of Topliss-reactive ketones (excluding diaryl/α,β-unsaturated/α-hetero) is 1. The van der Waals surface area contributed by atoms with Gasteiger partial charge in [0, 0.05) is 23.5 Å². The van der Waals surface area contributed by atoms with Crippen molar-refractivity contribution in [3.63, 3.8) is 0 Å². The zero-order valence-corrected chi connectivity index (χ0v) is 20.3. The number of carbonyl (C=O) groups is 1. The van der Waals surface area contributed by atoms with Crippen molar-refractivity contribution >= 4 is 11.5 Å². The lowest BCUT2D eigenvalue weighted by molar-refractivity contribution is -0.137. The molecule has 0 saturated heterocycles. The average Bonchev–Trinajstić information content (AvgIpc) is 2.82. The van der Waals surface area contributed by atoms with Gasteiger partial charge in [-0.2, -0.15) is 13.2 Å². The van der Waals surface area contributed by atoms with Crippen LogP contribution in [0.1, 0.15) is 74.4 Å². The second kappa shape index (κ2) is 10.2. The predicted octanol–water partition coefficient (Wildman–Crippen LogP) is 7.98. The zero-order chi connectivity index (χ0) is 25.2. The van der Waals surface area contributed by atoms with Gasteiger partial charge in [-0.3, -0.25) is 9.78 Å². The van der Waals surface area contributed by atoms with Crippen molar-refractivity contribution in [2.75, 3.05) is 5.32 Å². The number of benzene rings is 2. The minimum atomic E-state index is -4.38. The molecule has 0 amide bonds. The molecule has 2 aromatic carbocycles. The summed E-state index contributed by atoms with van der Waals surface area (Å²) in [5.41, 5.74) is 4.80. The topological polar surface area (TPSA) is 42.0 Å². The van der Waals surface area contributed by atoms with Crippen LogP contribution in [0.15, 0.2) is 60.8 Å². The van der Waals surface area contributed by atoms with Crippen molar-refractivity contribution in [3.05, 3.63) is 83.2 Å². The number of halogens is 3. The molecule has 4 rings (SSSR count). The van der Waals surface area contributed by atoms with Gasteiger partial charge < -0.3 is 5.32 Å². The Morgan fingerprint density at radius 3 is 2.49 bits per heavy atom. The maximum atomic E-state index is 13.1. The molecular weight excluding hydrogens is 449 g/mol. The Balaban J connectivity index is 1.75. The van der Waals surface area contributed by atoms with Crippen molar-refractivity contribution in [1.29, 1.82) is 0 Å². The number of aryl methyl sites for hydroxylation is 1. The lowest BCUT2D eigenvalue weighted by Crippen LogP contribution is -2.19. The van der Waals surface area contributed by atoms with E-state index in [1.165, 1.54) is 17.7 Å². The SMILES string of the molecule is CC(=O)C(CC(C)C)c1cc(NC2CCCc3ncccc32)cc(-c2ccc(C(F)(F)F)cc2)c1. The zero-order valence-electron chi connectivity index (χ0n) is 20.3. The number of ketones is 1. The van der Waals surface area contributed by atoms with Gasteiger partial charge in [0.05, 0.1) is 11.6 Å². The van der Waals surface area contributed by atoms with E-state index in [-0.39, 0.29) is 17.7 Å². The lowest BCUT2D eigenvalue weighted by atomic mass is 9.85. The van der Waals surface area contributed by atoms with Crippen LogP contribution in [0.25, 0.3) is 11.1 Å². The Kier molecular flexibility index (Phi) is 7.29. The maximum absolute atomic E-state index is 13.1. The summed E-state index contributed by atoms with van der Waals surface area (Å²) in [5, 5.41) is 3.64. The predicted molar refractivity (Wildman–Crippen MR) is 133 cm³/mol. The van der Waals surface area contributed by atoms with E-state index in [4.69, 9.17) is 0 Å². The molecule has 0 fully saturated rings. The number of fused-ring (bicyclic) bond motifs is 1. The molecule has 1 aliphatic rings. The number of hydrogen-bond acceptors (Lipinski definition) is 3. The molecule has 0 spiro atoms. The summed E-state index contributed by atoms with van der Waals surface area (Å²) < 4.78 is 39.3. The van der Waals surface area contributed by atoms with E-state index in [1.54, 1.807) is 6.92 Å². The molecule has 0 saturated carbocycles. The summed E-state index contributed by atoms with van der Waals surface area (Å²) in [7, 11) is 0. The maximum Gasteiger partial charge on any atom is 0.416 e. The molecule has 2 unspecified atom stereocenters. The van der Waals surface area contributed by atoms with Crippen molar-refractivity contribution in [1.82, 2.24) is 4.98 Å². The van der Waals surface area contributed by atoms with Gasteiger partial charge in [0.15, 0.2) is 0 Å². The molecule has 3 aromatic rings. The second-order valence-corrected chi connectivity index (χ2v) is 9.84. The van der Waals surface area contributed by atoms with E-state index in [0.29, 0.717) is 17.9 Å². The molecule has 35 heavy (non-hydrogen) atoms. The summed E-state index contributed by atoms with van der Waals surface area (Å²) in [5.74, 6) is 0.137. The van der Waals surface area contributed by atoms with Gasteiger partial charge in [-0.25, -0.2) is 0 Å². The first kappa shape index (κ1) is 25.0. The highest BCUT2D eigenvalue weighted by molar-refractivity contribution is 5.84. The van der Waals surface area contributed by atoms with E-state index in [0.717, 1.165) is 53.9 Å². The first-order valence-corrected chi connectivity index (χ1v) is 12.1. The van der Waals surface area contributed by atoms with Crippen LogP contribution >= 0.6 is 0 Å². The van der Waals surface area contributed by atoms with Gasteiger partial charge in [0.2, 0.25) is 0 Å². The molecule has 184 valence electrons. The van der Waals surface area contributed by atoms with E-state index in [9.17, 15) is 18.0 Å². The van der Waals surface area contributed by atoms with E-state index < -0.39 is 11.7 Å². The van der Waals surface area contributed by atoms with Crippen molar-refractivity contribution < 1.29 is 18.0 Å². The summed E-state index contributed by atoms with van der Waals surface area (Å²) in [6, 6.07) is 15.3. The molecule has 1 heterocycles. The molecule has 3 nitrogen and oxygen atoms in total. The van der Waals surface area contributed by atoms with Gasteiger partial charge >= 0.3 is 6.18 Å². The number of aromatic nitrogens is 1. The number of rotatable bonds is 7. The molecular formula is C29H31F3N2O. The molecule has 0 aliphatic heterocycles. The van der Waals surface area contributed by atoms with Gasteiger partial charge in [-0.1, -0.05) is 38.1 Å². The van der Waals surface area contributed by atoms with E-state index in [1.807, 2.05) is 30.5 Å². The van der Waals surface area contributed by atoms with Gasteiger partial charge in [0.1, 0.15) is 5.78 Å². The highest BCUT2D eigenvalue weighted by Crippen LogP contribution is 2.37. The lowest BCUT2D eigenvalue weighted by Gasteiger charge is -2.27. The number of nitrogens with one attached hydrogen (secondary N) is 1. The van der Waals surface area contributed by atoms with E-state index in [2.05, 4.69) is 30.2 Å². The largest absolute Gasteiger partial charge is 0.416 e. The number of anilines is 1. The Morgan fingerprint density at radius 1 is 1.09 bits per heavy atom. The fourth-order valence-corrected chi connectivity index (χ4v) is 4.92. The highest BCUT2D eigenvalue weighted by atomic mass is 19.4. The van der Waals surface area contributed by atoms with Crippen LogP contribution in [0, 0.1) is 5.92 Å². The van der Waals surface area contributed by atoms with Crippen LogP contribution in [-0.4, -0.2) is 10.8 Å². The molecule has 2 atom stereocenters. The third kappa shape index (κ3) is 5.92. The van der Waals surface area contributed by atoms with Gasteiger partial charge in [-0.15, -0.1) is 0 Å². The summed E-state index contributed by atoms with van der Waals surface area (Å²) >= 11 is 0. The quantitative estimate of drug-likeness (QED) is 0.373. The fraction of sp³-hybridized carbons (Fsp3) is 0.379. The molecule has 6 heteroatoms. The minimum absolute atomic E-state index is 0.0847. The highest BCUT2D eigenvalue weighted by Gasteiger charge is 2.30.